The molecule has 0 unspecified atom stereocenters. The zero-order chi connectivity index (χ0) is 12.8. The van der Waals surface area contributed by atoms with Gasteiger partial charge in [0.25, 0.3) is 0 Å². The van der Waals surface area contributed by atoms with Gasteiger partial charge >= 0.3 is 0 Å². The van der Waals surface area contributed by atoms with E-state index >= 15 is 0 Å². The second-order valence-corrected chi connectivity index (χ2v) is 4.18. The topological polar surface area (TPSA) is 18.8 Å². The number of hydrogen-bond acceptors (Lipinski definition) is 2. The predicted molar refractivity (Wildman–Crippen MR) is 78.2 cm³/mol. The van der Waals surface area contributed by atoms with E-state index in [0.717, 1.165) is 11.1 Å². The minimum atomic E-state index is 0.670. The molecular formula is C13H17N3S. The molecule has 0 fully saturated rings. The van der Waals surface area contributed by atoms with Gasteiger partial charge < -0.3 is 4.90 Å². The molecule has 1 rings (SSSR count). The Bertz CT molecular complexity index is 421. The Balaban J connectivity index is 2.69. The average Bonchev–Trinajstić information content (AvgIpc) is 2.35. The van der Waals surface area contributed by atoms with E-state index < -0.39 is 0 Å². The highest BCUT2D eigenvalue weighted by molar-refractivity contribution is 7.80. The monoisotopic (exact) mass is 247 g/mol. The first-order valence-electron chi connectivity index (χ1n) is 5.26. The van der Waals surface area contributed by atoms with Crippen LogP contribution in [0.3, 0.4) is 0 Å². The number of hydrogen-bond donors (Lipinski definition) is 0. The molecule has 0 aromatic heterocycles. The first-order valence-corrected chi connectivity index (χ1v) is 5.67. The zero-order valence-corrected chi connectivity index (χ0v) is 11.2. The molecule has 0 saturated heterocycles. The fraction of sp³-hybridized carbons (Fsp3) is 0.231. The molecule has 0 spiro atoms. The number of hydrazone groups is 1. The Morgan fingerprint density at radius 2 is 1.71 bits per heavy atom. The third kappa shape index (κ3) is 4.00. The van der Waals surface area contributed by atoms with Gasteiger partial charge in [-0.15, -0.1) is 0 Å². The van der Waals surface area contributed by atoms with Crippen molar-refractivity contribution in [2.75, 3.05) is 21.1 Å². The van der Waals surface area contributed by atoms with Crippen LogP contribution in [0.1, 0.15) is 11.1 Å². The summed E-state index contributed by atoms with van der Waals surface area (Å²) in [7, 11) is 5.62. The summed E-state index contributed by atoms with van der Waals surface area (Å²) < 4.78 is 0. The molecule has 0 aliphatic rings. The van der Waals surface area contributed by atoms with Gasteiger partial charge in [0.2, 0.25) is 0 Å². The lowest BCUT2D eigenvalue weighted by molar-refractivity contribution is 0.462. The molecule has 0 saturated carbocycles. The first-order chi connectivity index (χ1) is 8.04. The van der Waals surface area contributed by atoms with E-state index in [1.807, 2.05) is 56.4 Å². The summed E-state index contributed by atoms with van der Waals surface area (Å²) in [5.74, 6) is 0. The van der Waals surface area contributed by atoms with Crippen LogP contribution in [-0.4, -0.2) is 42.4 Å². The minimum Gasteiger partial charge on any atom is -0.354 e. The third-order valence-electron chi connectivity index (χ3n) is 2.21. The van der Waals surface area contributed by atoms with Gasteiger partial charge in [0.15, 0.2) is 5.11 Å². The van der Waals surface area contributed by atoms with Crippen molar-refractivity contribution in [1.82, 2.24) is 9.91 Å². The van der Waals surface area contributed by atoms with Crippen LogP contribution in [-0.2, 0) is 0 Å². The summed E-state index contributed by atoms with van der Waals surface area (Å²) in [5.41, 5.74) is 2.13. The van der Waals surface area contributed by atoms with Crippen molar-refractivity contribution < 1.29 is 0 Å². The summed E-state index contributed by atoms with van der Waals surface area (Å²) in [6.45, 7) is 3.71. The second-order valence-electron chi connectivity index (χ2n) is 3.82. The van der Waals surface area contributed by atoms with Crippen LogP contribution >= 0.6 is 12.2 Å². The summed E-state index contributed by atoms with van der Waals surface area (Å²) in [6, 6.07) is 7.98. The van der Waals surface area contributed by atoms with Crippen molar-refractivity contribution in [3.63, 3.8) is 0 Å². The summed E-state index contributed by atoms with van der Waals surface area (Å²) in [6.07, 6.45) is 3.59. The predicted octanol–water partition coefficient (Wildman–Crippen LogP) is 2.44. The first kappa shape index (κ1) is 13.4. The van der Waals surface area contributed by atoms with Crippen molar-refractivity contribution >= 4 is 29.6 Å². The van der Waals surface area contributed by atoms with E-state index in [0.29, 0.717) is 5.11 Å². The molecule has 0 N–H and O–H groups in total. The number of nitrogens with zero attached hydrogens (tertiary/aromatic N) is 3. The van der Waals surface area contributed by atoms with Crippen molar-refractivity contribution in [2.45, 2.75) is 0 Å². The van der Waals surface area contributed by atoms with Gasteiger partial charge in [-0.2, -0.15) is 5.10 Å². The molecule has 0 aliphatic carbocycles. The second kappa shape index (κ2) is 6.15. The quantitative estimate of drug-likeness (QED) is 0.464. The van der Waals surface area contributed by atoms with Gasteiger partial charge in [-0.05, 0) is 23.3 Å². The van der Waals surface area contributed by atoms with Gasteiger partial charge in [-0.1, -0.05) is 36.9 Å². The van der Waals surface area contributed by atoms with Crippen LogP contribution in [0.15, 0.2) is 35.9 Å². The molecule has 17 heavy (non-hydrogen) atoms. The Morgan fingerprint density at radius 1 is 1.18 bits per heavy atom. The fourth-order valence-electron chi connectivity index (χ4n) is 1.21. The molecule has 4 heteroatoms. The standard InChI is InChI=1S/C13H17N3S/c1-5-11-6-8-12(9-7-11)10-14-16(4)13(17)15(2)3/h5-10H,1H2,2-4H3/b14-10+. The van der Waals surface area contributed by atoms with Gasteiger partial charge in [-0.25, -0.2) is 5.01 Å². The minimum absolute atomic E-state index is 0.670. The Hall–Kier alpha value is -1.68. The number of rotatable bonds is 3. The van der Waals surface area contributed by atoms with Gasteiger partial charge in [-0.3, -0.25) is 0 Å². The van der Waals surface area contributed by atoms with Crippen LogP contribution in [0, 0.1) is 0 Å². The summed E-state index contributed by atoms with van der Waals surface area (Å²) in [4.78, 5) is 1.84. The van der Waals surface area contributed by atoms with Gasteiger partial charge in [0.1, 0.15) is 0 Å². The van der Waals surface area contributed by atoms with Crippen LogP contribution in [0.2, 0.25) is 0 Å². The van der Waals surface area contributed by atoms with Crippen molar-refractivity contribution in [3.05, 3.63) is 42.0 Å². The lowest BCUT2D eigenvalue weighted by Crippen LogP contribution is -2.32. The average molecular weight is 247 g/mol. The van der Waals surface area contributed by atoms with E-state index in [9.17, 15) is 0 Å². The molecule has 1 aromatic rings. The van der Waals surface area contributed by atoms with E-state index in [1.54, 1.807) is 11.2 Å². The molecule has 0 amide bonds. The maximum atomic E-state index is 5.18. The smallest absolute Gasteiger partial charge is 0.191 e. The SMILES string of the molecule is C=Cc1ccc(/C=N/N(C)C(=S)N(C)C)cc1. The van der Waals surface area contributed by atoms with E-state index in [-0.39, 0.29) is 0 Å². The summed E-state index contributed by atoms with van der Waals surface area (Å²) >= 11 is 5.18. The highest BCUT2D eigenvalue weighted by Crippen LogP contribution is 2.03. The van der Waals surface area contributed by atoms with Gasteiger partial charge in [0.05, 0.1) is 6.21 Å². The molecule has 0 heterocycles. The lowest BCUT2D eigenvalue weighted by Gasteiger charge is -2.20. The Morgan fingerprint density at radius 3 is 2.18 bits per heavy atom. The van der Waals surface area contributed by atoms with E-state index in [4.69, 9.17) is 12.2 Å². The van der Waals surface area contributed by atoms with Crippen LogP contribution in [0.5, 0.6) is 0 Å². The third-order valence-corrected chi connectivity index (χ3v) is 2.84. The highest BCUT2D eigenvalue weighted by Gasteiger charge is 2.02. The van der Waals surface area contributed by atoms with Crippen molar-refractivity contribution in [2.24, 2.45) is 5.10 Å². The molecule has 1 aromatic carbocycles. The molecule has 3 nitrogen and oxygen atoms in total. The van der Waals surface area contributed by atoms with Crippen molar-refractivity contribution in [3.8, 4) is 0 Å². The van der Waals surface area contributed by atoms with Crippen LogP contribution < -0.4 is 0 Å². The Kier molecular flexibility index (Phi) is 4.84. The van der Waals surface area contributed by atoms with Crippen LogP contribution in [0.4, 0.5) is 0 Å². The normalized spacial score (nSPS) is 10.3. The van der Waals surface area contributed by atoms with E-state index in [2.05, 4.69) is 11.7 Å². The fourth-order valence-corrected chi connectivity index (χ4v) is 1.26. The molecule has 0 atom stereocenters. The van der Waals surface area contributed by atoms with Gasteiger partial charge in [0, 0.05) is 21.1 Å². The van der Waals surface area contributed by atoms with E-state index in [1.165, 1.54) is 0 Å². The zero-order valence-electron chi connectivity index (χ0n) is 10.4. The highest BCUT2D eigenvalue weighted by atomic mass is 32.1. The van der Waals surface area contributed by atoms with Crippen LogP contribution in [0.25, 0.3) is 6.08 Å². The number of benzene rings is 1. The maximum absolute atomic E-state index is 5.18. The van der Waals surface area contributed by atoms with Crippen molar-refractivity contribution in [1.29, 1.82) is 0 Å². The molecule has 0 bridgehead atoms. The number of thiocarbonyl (C=S) groups is 1. The summed E-state index contributed by atoms with van der Waals surface area (Å²) in [5, 5.41) is 6.60. The molecule has 0 aliphatic heterocycles. The molecular weight excluding hydrogens is 230 g/mol. The lowest BCUT2D eigenvalue weighted by atomic mass is 10.1. The molecule has 90 valence electrons. The molecule has 0 radical (unpaired) electrons. The Labute approximate surface area is 108 Å². The largest absolute Gasteiger partial charge is 0.354 e. The maximum Gasteiger partial charge on any atom is 0.191 e.